The predicted molar refractivity (Wildman–Crippen MR) is 95.8 cm³/mol. The molecule has 0 aliphatic carbocycles. The second-order valence-corrected chi connectivity index (χ2v) is 7.00. The molecule has 0 bridgehead atoms. The monoisotopic (exact) mass is 337 g/mol. The number of nitrogens with zero attached hydrogens (tertiary/aromatic N) is 3. The lowest BCUT2D eigenvalue weighted by atomic mass is 9.97. The molecule has 4 nitrogen and oxygen atoms in total. The molecule has 1 aliphatic rings. The summed E-state index contributed by atoms with van der Waals surface area (Å²) in [4.78, 5) is 19.1. The number of thiazole rings is 1. The van der Waals surface area contributed by atoms with E-state index >= 15 is 0 Å². The van der Waals surface area contributed by atoms with Crippen LogP contribution in [-0.2, 0) is 0 Å². The van der Waals surface area contributed by atoms with Gasteiger partial charge in [-0.2, -0.15) is 0 Å². The fourth-order valence-corrected chi connectivity index (χ4v) is 4.04. The number of carbonyl (C=O) groups excluding carboxylic acids is 1. The fraction of sp³-hybridized carbons (Fsp3) is 0.263. The number of piperidine rings is 1. The highest BCUT2D eigenvalue weighted by molar-refractivity contribution is 7.09. The Labute approximate surface area is 145 Å². The molecular weight excluding hydrogens is 318 g/mol. The summed E-state index contributed by atoms with van der Waals surface area (Å²) < 4.78 is 2.04. The van der Waals surface area contributed by atoms with E-state index in [2.05, 4.69) is 4.98 Å². The number of hydrogen-bond acceptors (Lipinski definition) is 3. The molecule has 1 fully saturated rings. The van der Waals surface area contributed by atoms with Crippen molar-refractivity contribution in [3.8, 4) is 5.69 Å². The smallest absolute Gasteiger partial charge is 0.253 e. The Morgan fingerprint density at radius 3 is 2.42 bits per heavy atom. The zero-order valence-electron chi connectivity index (χ0n) is 13.3. The van der Waals surface area contributed by atoms with E-state index in [0.29, 0.717) is 5.92 Å². The first-order valence-corrected chi connectivity index (χ1v) is 9.11. The van der Waals surface area contributed by atoms with Crippen molar-refractivity contribution < 1.29 is 4.79 Å². The minimum atomic E-state index is 0.131. The largest absolute Gasteiger partial charge is 0.339 e. The lowest BCUT2D eigenvalue weighted by Crippen LogP contribution is -2.37. The summed E-state index contributed by atoms with van der Waals surface area (Å²) in [6.07, 6.45) is 7.87. The van der Waals surface area contributed by atoms with Crippen LogP contribution in [0.15, 0.2) is 60.4 Å². The van der Waals surface area contributed by atoms with E-state index in [1.165, 1.54) is 5.01 Å². The molecule has 0 radical (unpaired) electrons. The van der Waals surface area contributed by atoms with E-state index in [1.54, 1.807) is 11.3 Å². The number of rotatable bonds is 3. The van der Waals surface area contributed by atoms with Gasteiger partial charge in [0.05, 0.1) is 5.01 Å². The Hall–Kier alpha value is -2.40. The van der Waals surface area contributed by atoms with Crippen LogP contribution in [0.5, 0.6) is 0 Å². The first-order valence-electron chi connectivity index (χ1n) is 8.23. The van der Waals surface area contributed by atoms with Gasteiger partial charge in [-0.15, -0.1) is 11.3 Å². The Kier molecular flexibility index (Phi) is 4.17. The zero-order valence-corrected chi connectivity index (χ0v) is 14.2. The second-order valence-electron chi connectivity index (χ2n) is 6.07. The molecule has 0 saturated carbocycles. The lowest BCUT2D eigenvalue weighted by molar-refractivity contribution is 0.0713. The van der Waals surface area contributed by atoms with Gasteiger partial charge in [-0.05, 0) is 49.2 Å². The molecule has 0 N–H and O–H groups in total. The van der Waals surface area contributed by atoms with E-state index in [1.807, 2.05) is 69.8 Å². The van der Waals surface area contributed by atoms with Crippen LogP contribution in [0.3, 0.4) is 0 Å². The van der Waals surface area contributed by atoms with E-state index < -0.39 is 0 Å². The first kappa shape index (κ1) is 15.1. The third-order valence-electron chi connectivity index (χ3n) is 4.60. The fourth-order valence-electron chi connectivity index (χ4n) is 3.23. The molecule has 4 rings (SSSR count). The molecule has 3 aromatic rings. The molecule has 5 heteroatoms. The average molecular weight is 337 g/mol. The molecule has 1 amide bonds. The lowest BCUT2D eigenvalue weighted by Gasteiger charge is -2.31. The molecule has 3 heterocycles. The summed E-state index contributed by atoms with van der Waals surface area (Å²) in [5.41, 5.74) is 1.83. The molecule has 1 aromatic carbocycles. The van der Waals surface area contributed by atoms with Gasteiger partial charge in [0.25, 0.3) is 5.91 Å². The Balaban J connectivity index is 1.41. The summed E-state index contributed by atoms with van der Waals surface area (Å²) in [6, 6.07) is 11.8. The van der Waals surface area contributed by atoms with E-state index in [0.717, 1.165) is 37.2 Å². The summed E-state index contributed by atoms with van der Waals surface area (Å²) in [6.45, 7) is 1.62. The van der Waals surface area contributed by atoms with E-state index in [-0.39, 0.29) is 5.91 Å². The van der Waals surface area contributed by atoms with Crippen LogP contribution < -0.4 is 0 Å². The van der Waals surface area contributed by atoms with Crippen molar-refractivity contribution in [3.05, 3.63) is 70.9 Å². The third-order valence-corrected chi connectivity index (χ3v) is 5.54. The van der Waals surface area contributed by atoms with E-state index in [9.17, 15) is 4.79 Å². The van der Waals surface area contributed by atoms with Gasteiger partial charge in [0.2, 0.25) is 0 Å². The molecular formula is C19H19N3OS. The SMILES string of the molecule is O=C(c1ccc(-n2cccc2)cc1)N1CCC(c2nccs2)CC1. The van der Waals surface area contributed by atoms with Crippen LogP contribution in [0, 0.1) is 0 Å². The average Bonchev–Trinajstić information content (AvgIpc) is 3.35. The molecule has 0 unspecified atom stereocenters. The number of aromatic nitrogens is 2. The van der Waals surface area contributed by atoms with Crippen molar-refractivity contribution in [1.82, 2.24) is 14.5 Å². The molecule has 1 saturated heterocycles. The van der Waals surface area contributed by atoms with Gasteiger partial charge < -0.3 is 9.47 Å². The normalized spacial score (nSPS) is 15.6. The first-order chi connectivity index (χ1) is 11.8. The predicted octanol–water partition coefficient (Wildman–Crippen LogP) is 3.95. The van der Waals surface area contributed by atoms with Gasteiger partial charge in [-0.3, -0.25) is 4.79 Å². The van der Waals surface area contributed by atoms with Crippen molar-refractivity contribution in [3.63, 3.8) is 0 Å². The van der Waals surface area contributed by atoms with Crippen molar-refractivity contribution >= 4 is 17.2 Å². The highest BCUT2D eigenvalue weighted by Gasteiger charge is 2.25. The van der Waals surface area contributed by atoms with Crippen LogP contribution in [0.4, 0.5) is 0 Å². The minimum absolute atomic E-state index is 0.131. The summed E-state index contributed by atoms with van der Waals surface area (Å²) in [5, 5.41) is 3.23. The summed E-state index contributed by atoms with van der Waals surface area (Å²) >= 11 is 1.72. The molecule has 0 atom stereocenters. The van der Waals surface area contributed by atoms with E-state index in [4.69, 9.17) is 0 Å². The summed E-state index contributed by atoms with van der Waals surface area (Å²) in [7, 11) is 0. The van der Waals surface area contributed by atoms with Crippen molar-refractivity contribution in [2.75, 3.05) is 13.1 Å². The molecule has 1 aliphatic heterocycles. The zero-order chi connectivity index (χ0) is 16.4. The second kappa shape index (κ2) is 6.61. The van der Waals surface area contributed by atoms with Crippen molar-refractivity contribution in [1.29, 1.82) is 0 Å². The Morgan fingerprint density at radius 1 is 1.08 bits per heavy atom. The third kappa shape index (κ3) is 2.99. The van der Waals surface area contributed by atoms with Crippen LogP contribution in [0.2, 0.25) is 0 Å². The standard InChI is InChI=1S/C19H19N3OS/c23-19(16-3-5-17(6-4-16)21-10-1-2-11-21)22-12-7-15(8-13-22)18-20-9-14-24-18/h1-6,9-11,14-15H,7-8,12-13H2. The summed E-state index contributed by atoms with van der Waals surface area (Å²) in [5.74, 6) is 0.636. The van der Waals surface area contributed by atoms with Crippen LogP contribution in [0.1, 0.15) is 34.1 Å². The van der Waals surface area contributed by atoms with Gasteiger partial charge in [0.15, 0.2) is 0 Å². The van der Waals surface area contributed by atoms with Gasteiger partial charge in [-0.1, -0.05) is 0 Å². The van der Waals surface area contributed by atoms with Gasteiger partial charge in [0, 0.05) is 54.2 Å². The highest BCUT2D eigenvalue weighted by atomic mass is 32.1. The van der Waals surface area contributed by atoms with Crippen LogP contribution in [0.25, 0.3) is 5.69 Å². The van der Waals surface area contributed by atoms with Crippen LogP contribution >= 0.6 is 11.3 Å². The van der Waals surface area contributed by atoms with Gasteiger partial charge in [-0.25, -0.2) is 4.98 Å². The maximum atomic E-state index is 12.7. The maximum Gasteiger partial charge on any atom is 0.253 e. The number of likely N-dealkylation sites (tertiary alicyclic amines) is 1. The number of amides is 1. The van der Waals surface area contributed by atoms with Crippen molar-refractivity contribution in [2.24, 2.45) is 0 Å². The molecule has 122 valence electrons. The van der Waals surface area contributed by atoms with Crippen molar-refractivity contribution in [2.45, 2.75) is 18.8 Å². The molecule has 2 aromatic heterocycles. The number of carbonyl (C=O) groups is 1. The molecule has 0 spiro atoms. The topological polar surface area (TPSA) is 38.1 Å². The van der Waals surface area contributed by atoms with Gasteiger partial charge >= 0.3 is 0 Å². The number of benzene rings is 1. The Morgan fingerprint density at radius 2 is 1.79 bits per heavy atom. The number of hydrogen-bond donors (Lipinski definition) is 0. The highest BCUT2D eigenvalue weighted by Crippen LogP contribution is 2.29. The maximum absolute atomic E-state index is 12.7. The molecule has 24 heavy (non-hydrogen) atoms. The Bertz CT molecular complexity index is 786. The minimum Gasteiger partial charge on any atom is -0.339 e. The van der Waals surface area contributed by atoms with Crippen LogP contribution in [-0.4, -0.2) is 33.4 Å². The quantitative estimate of drug-likeness (QED) is 0.726. The van der Waals surface area contributed by atoms with Gasteiger partial charge in [0.1, 0.15) is 0 Å².